The summed E-state index contributed by atoms with van der Waals surface area (Å²) >= 11 is 0. The van der Waals surface area contributed by atoms with Crippen LogP contribution in [0.3, 0.4) is 0 Å². The van der Waals surface area contributed by atoms with E-state index < -0.39 is 0 Å². The smallest absolute Gasteiger partial charge is 0.368 e. The minimum atomic E-state index is -0.361. The monoisotopic (exact) mass is 427 g/mol. The Hall–Kier alpha value is -4.38. The summed E-state index contributed by atoms with van der Waals surface area (Å²) in [5.74, 6) is 1.29. The zero-order chi connectivity index (χ0) is 22.7. The fourth-order valence-electron chi connectivity index (χ4n) is 3.46. The normalized spacial score (nSPS) is 10.6. The van der Waals surface area contributed by atoms with Gasteiger partial charge in [-0.2, -0.15) is 14.6 Å². The van der Waals surface area contributed by atoms with Gasteiger partial charge in [0.15, 0.2) is 0 Å². The van der Waals surface area contributed by atoms with E-state index in [1.54, 1.807) is 32.4 Å². The Kier molecular flexibility index (Phi) is 5.73. The van der Waals surface area contributed by atoms with E-state index in [0.29, 0.717) is 28.3 Å². The first kappa shape index (κ1) is 20.9. The number of hydrogen-bond donors (Lipinski definition) is 0. The second-order valence-electron chi connectivity index (χ2n) is 7.22. The molecule has 0 spiro atoms. The van der Waals surface area contributed by atoms with Gasteiger partial charge in [-0.3, -0.25) is 0 Å². The van der Waals surface area contributed by atoms with Gasteiger partial charge in [0.05, 0.1) is 30.0 Å². The Morgan fingerprint density at radius 2 is 1.78 bits per heavy atom. The van der Waals surface area contributed by atoms with Gasteiger partial charge in [0.25, 0.3) is 0 Å². The first-order valence-electron chi connectivity index (χ1n) is 9.91. The Balaban J connectivity index is 1.63. The molecule has 0 aliphatic carbocycles. The zero-order valence-corrected chi connectivity index (χ0v) is 17.9. The minimum Gasteiger partial charge on any atom is -0.496 e. The van der Waals surface area contributed by atoms with Crippen LogP contribution in [0.2, 0.25) is 0 Å². The average molecular weight is 427 g/mol. The molecule has 8 heteroatoms. The molecular formula is C24H21N5O3. The fourth-order valence-corrected chi connectivity index (χ4v) is 3.46. The summed E-state index contributed by atoms with van der Waals surface area (Å²) < 4.78 is 14.0. The van der Waals surface area contributed by atoms with Crippen LogP contribution < -0.4 is 15.2 Å². The third-order valence-corrected chi connectivity index (χ3v) is 5.15. The highest BCUT2D eigenvalue weighted by Crippen LogP contribution is 2.30. The minimum absolute atomic E-state index is 0.173. The van der Waals surface area contributed by atoms with Crippen molar-refractivity contribution in [3.63, 3.8) is 0 Å². The first-order valence-corrected chi connectivity index (χ1v) is 9.91. The lowest BCUT2D eigenvalue weighted by Gasteiger charge is -2.15. The van der Waals surface area contributed by atoms with E-state index in [4.69, 9.17) is 14.7 Å². The fraction of sp³-hybridized carbons (Fsp3) is 0.167. The zero-order valence-electron chi connectivity index (χ0n) is 17.9. The van der Waals surface area contributed by atoms with E-state index in [9.17, 15) is 4.79 Å². The quantitative estimate of drug-likeness (QED) is 0.468. The van der Waals surface area contributed by atoms with E-state index in [0.717, 1.165) is 21.4 Å². The molecule has 0 unspecified atom stereocenters. The van der Waals surface area contributed by atoms with Crippen LogP contribution in [-0.2, 0) is 13.7 Å². The molecule has 0 radical (unpaired) electrons. The van der Waals surface area contributed by atoms with Crippen molar-refractivity contribution in [2.24, 2.45) is 7.05 Å². The Morgan fingerprint density at radius 3 is 2.47 bits per heavy atom. The number of nitriles is 1. The predicted octanol–water partition coefficient (Wildman–Crippen LogP) is 3.40. The summed E-state index contributed by atoms with van der Waals surface area (Å²) in [4.78, 5) is 12.4. The number of aromatic nitrogens is 4. The topological polar surface area (TPSA) is 95.0 Å². The molecule has 32 heavy (non-hydrogen) atoms. The van der Waals surface area contributed by atoms with Gasteiger partial charge in [-0.1, -0.05) is 24.3 Å². The number of benzene rings is 3. The molecule has 0 saturated carbocycles. The van der Waals surface area contributed by atoms with E-state index in [2.05, 4.69) is 16.5 Å². The summed E-state index contributed by atoms with van der Waals surface area (Å²) in [6, 6.07) is 20.9. The summed E-state index contributed by atoms with van der Waals surface area (Å²) in [6.07, 6.45) is 0. The Bertz CT molecular complexity index is 1380. The van der Waals surface area contributed by atoms with Crippen molar-refractivity contribution < 1.29 is 9.47 Å². The van der Waals surface area contributed by atoms with Gasteiger partial charge in [-0.25, -0.2) is 4.79 Å². The molecule has 4 rings (SSSR count). The number of methoxy groups -OCH3 is 1. The molecule has 0 N–H and O–H groups in total. The standard InChI is InChI=1S/C24H21N5O3/c1-16-12-19(18-7-4-6-17(13-18)14-25)10-11-22(16)32-15-20-21(8-5-9-23(20)31-3)29-24(30)28(2)26-27-29/h4-13H,15H2,1-3H3. The van der Waals surface area contributed by atoms with Gasteiger partial charge in [0.2, 0.25) is 0 Å². The number of ether oxygens (including phenoxy) is 2. The van der Waals surface area contributed by atoms with Gasteiger partial charge in [-0.15, -0.1) is 0 Å². The van der Waals surface area contributed by atoms with Crippen molar-refractivity contribution in [3.05, 3.63) is 87.8 Å². The van der Waals surface area contributed by atoms with E-state index in [1.807, 2.05) is 49.4 Å². The lowest BCUT2D eigenvalue weighted by Crippen LogP contribution is -2.23. The highest BCUT2D eigenvalue weighted by atomic mass is 16.5. The molecule has 0 saturated heterocycles. The van der Waals surface area contributed by atoms with Crippen molar-refractivity contribution in [1.29, 1.82) is 5.26 Å². The summed E-state index contributed by atoms with van der Waals surface area (Å²) in [5, 5.41) is 16.9. The maximum atomic E-state index is 12.4. The molecule has 1 aromatic heterocycles. The molecule has 1 heterocycles. The van der Waals surface area contributed by atoms with Crippen LogP contribution in [0.5, 0.6) is 11.5 Å². The van der Waals surface area contributed by atoms with Crippen LogP contribution in [0.15, 0.2) is 65.5 Å². The number of aryl methyl sites for hydroxylation is 2. The van der Waals surface area contributed by atoms with Gasteiger partial charge >= 0.3 is 5.69 Å². The molecule has 0 aliphatic heterocycles. The van der Waals surface area contributed by atoms with E-state index >= 15 is 0 Å². The molecule has 0 fully saturated rings. The highest BCUT2D eigenvalue weighted by Gasteiger charge is 2.16. The third kappa shape index (κ3) is 3.96. The molecule has 160 valence electrons. The molecule has 0 amide bonds. The van der Waals surface area contributed by atoms with Gasteiger partial charge in [0, 0.05) is 7.05 Å². The van der Waals surface area contributed by atoms with Crippen molar-refractivity contribution >= 4 is 0 Å². The largest absolute Gasteiger partial charge is 0.496 e. The number of tetrazole rings is 1. The second-order valence-corrected chi connectivity index (χ2v) is 7.22. The number of hydrogen-bond acceptors (Lipinski definition) is 6. The van der Waals surface area contributed by atoms with Crippen LogP contribution >= 0.6 is 0 Å². The molecule has 3 aromatic carbocycles. The maximum absolute atomic E-state index is 12.4. The number of rotatable bonds is 6. The van der Waals surface area contributed by atoms with Crippen LogP contribution in [-0.4, -0.2) is 26.9 Å². The number of nitrogens with zero attached hydrogens (tertiary/aromatic N) is 5. The lowest BCUT2D eigenvalue weighted by atomic mass is 10.0. The van der Waals surface area contributed by atoms with Crippen LogP contribution in [0, 0.1) is 18.3 Å². The molecule has 8 nitrogen and oxygen atoms in total. The van der Waals surface area contributed by atoms with Gasteiger partial charge < -0.3 is 9.47 Å². The molecule has 0 aliphatic rings. The predicted molar refractivity (Wildman–Crippen MR) is 119 cm³/mol. The lowest BCUT2D eigenvalue weighted by molar-refractivity contribution is 0.294. The SMILES string of the molecule is COc1cccc(-n2nnn(C)c2=O)c1COc1ccc(-c2cccc(C#N)c2)cc1C. The second kappa shape index (κ2) is 8.78. The average Bonchev–Trinajstić information content (AvgIpc) is 3.16. The Labute approximate surface area is 184 Å². The highest BCUT2D eigenvalue weighted by molar-refractivity contribution is 5.67. The van der Waals surface area contributed by atoms with Crippen LogP contribution in [0.1, 0.15) is 16.7 Å². The Morgan fingerprint density at radius 1 is 1.00 bits per heavy atom. The van der Waals surface area contributed by atoms with Crippen molar-refractivity contribution in [1.82, 2.24) is 19.8 Å². The van der Waals surface area contributed by atoms with Crippen molar-refractivity contribution in [2.45, 2.75) is 13.5 Å². The maximum Gasteiger partial charge on any atom is 0.368 e. The van der Waals surface area contributed by atoms with E-state index in [1.165, 1.54) is 4.68 Å². The van der Waals surface area contributed by atoms with Crippen molar-refractivity contribution in [2.75, 3.05) is 7.11 Å². The van der Waals surface area contributed by atoms with Crippen LogP contribution in [0.25, 0.3) is 16.8 Å². The van der Waals surface area contributed by atoms with Gasteiger partial charge in [0.1, 0.15) is 18.1 Å². The first-order chi connectivity index (χ1) is 15.5. The molecule has 4 aromatic rings. The summed E-state index contributed by atoms with van der Waals surface area (Å²) in [5.41, 5.74) is 4.39. The van der Waals surface area contributed by atoms with E-state index in [-0.39, 0.29) is 12.3 Å². The van der Waals surface area contributed by atoms with Gasteiger partial charge in [-0.05, 0) is 70.4 Å². The summed E-state index contributed by atoms with van der Waals surface area (Å²) in [6.45, 7) is 2.13. The molecular weight excluding hydrogens is 406 g/mol. The molecule has 0 bridgehead atoms. The molecule has 0 atom stereocenters. The third-order valence-electron chi connectivity index (χ3n) is 5.15. The van der Waals surface area contributed by atoms with Crippen molar-refractivity contribution in [3.8, 4) is 34.4 Å². The van der Waals surface area contributed by atoms with Crippen LogP contribution in [0.4, 0.5) is 0 Å². The summed E-state index contributed by atoms with van der Waals surface area (Å²) in [7, 11) is 3.11.